The topological polar surface area (TPSA) is 89.8 Å². The van der Waals surface area contributed by atoms with Crippen LogP contribution in [-0.2, 0) is 0 Å². The molecule has 3 aromatic rings. The molecule has 26 heavy (non-hydrogen) atoms. The molecule has 132 valence electrons. The van der Waals surface area contributed by atoms with Crippen molar-refractivity contribution in [1.82, 2.24) is 19.7 Å². The third-order valence-electron chi connectivity index (χ3n) is 3.61. The van der Waals surface area contributed by atoms with Crippen molar-refractivity contribution in [2.24, 2.45) is 0 Å². The number of hydrogen-bond acceptors (Lipinski definition) is 5. The maximum atomic E-state index is 13.0. The minimum atomic E-state index is -0.615. The Morgan fingerprint density at radius 3 is 2.38 bits per heavy atom. The van der Waals surface area contributed by atoms with E-state index in [4.69, 9.17) is 0 Å². The number of aromatic nitrogens is 4. The minimum Gasteiger partial charge on any atom is -0.319 e. The second-order valence-corrected chi connectivity index (χ2v) is 5.88. The van der Waals surface area contributed by atoms with Crippen molar-refractivity contribution in [1.29, 1.82) is 0 Å². The number of rotatable bonds is 4. The maximum absolute atomic E-state index is 13.0. The van der Waals surface area contributed by atoms with E-state index in [9.17, 15) is 14.0 Å². The average molecular weight is 353 g/mol. The monoisotopic (exact) mass is 353 g/mol. The fraction of sp³-hybridized carbons (Fsp3) is 0.167. The predicted molar refractivity (Wildman–Crippen MR) is 93.9 cm³/mol. The molecule has 2 aromatic heterocycles. The van der Waals surface area contributed by atoms with Gasteiger partial charge in [0.2, 0.25) is 0 Å². The van der Waals surface area contributed by atoms with Crippen LogP contribution < -0.4 is 10.9 Å². The molecule has 0 fully saturated rings. The number of carbonyl (C=O) groups is 1. The molecular formula is C18H16FN5O2. The lowest BCUT2D eigenvalue weighted by Crippen LogP contribution is -2.29. The first-order chi connectivity index (χ1) is 12.5. The fourth-order valence-electron chi connectivity index (χ4n) is 2.25. The highest BCUT2D eigenvalue weighted by molar-refractivity contribution is 6.03. The van der Waals surface area contributed by atoms with Gasteiger partial charge in [0.05, 0.1) is 23.8 Å². The number of nitrogens with one attached hydrogen (secondary N) is 1. The van der Waals surface area contributed by atoms with Gasteiger partial charge in [-0.3, -0.25) is 9.59 Å². The zero-order chi connectivity index (χ0) is 18.7. The predicted octanol–water partition coefficient (Wildman–Crippen LogP) is 2.54. The van der Waals surface area contributed by atoms with Crippen LogP contribution in [0.15, 0.2) is 53.7 Å². The molecule has 0 saturated carbocycles. The molecule has 0 saturated heterocycles. The lowest BCUT2D eigenvalue weighted by atomic mass is 10.2. The van der Waals surface area contributed by atoms with E-state index in [2.05, 4.69) is 20.4 Å². The molecule has 0 aliphatic carbocycles. The summed E-state index contributed by atoms with van der Waals surface area (Å²) >= 11 is 0. The quantitative estimate of drug-likeness (QED) is 0.778. The van der Waals surface area contributed by atoms with Crippen LogP contribution >= 0.6 is 0 Å². The SMILES string of the molecule is CC(C)c1ncc(NC(=O)c2ccnn(-c3ccc(F)cc3)c2=O)cn1. The summed E-state index contributed by atoms with van der Waals surface area (Å²) in [7, 11) is 0. The number of carbonyl (C=O) groups excluding carboxylic acids is 1. The normalized spacial score (nSPS) is 10.8. The molecule has 0 aliphatic rings. The van der Waals surface area contributed by atoms with E-state index >= 15 is 0 Å². The summed E-state index contributed by atoms with van der Waals surface area (Å²) in [4.78, 5) is 33.3. The Kier molecular flexibility index (Phi) is 4.83. The van der Waals surface area contributed by atoms with E-state index in [1.165, 1.54) is 48.9 Å². The first-order valence-electron chi connectivity index (χ1n) is 7.93. The Bertz CT molecular complexity index is 982. The standard InChI is InChI=1S/C18H16FN5O2/c1-11(2)16-20-9-13(10-21-16)23-17(25)15-7-8-22-24(18(15)26)14-5-3-12(19)4-6-14/h3-11H,1-2H3,(H,23,25). The van der Waals surface area contributed by atoms with E-state index in [1.807, 2.05) is 13.8 Å². The Balaban J connectivity index is 1.87. The van der Waals surface area contributed by atoms with Crippen LogP contribution in [0.3, 0.4) is 0 Å². The molecule has 1 N–H and O–H groups in total. The van der Waals surface area contributed by atoms with Gasteiger partial charge in [0.1, 0.15) is 17.2 Å². The molecule has 0 bridgehead atoms. The van der Waals surface area contributed by atoms with Gasteiger partial charge in [0.25, 0.3) is 11.5 Å². The van der Waals surface area contributed by atoms with Gasteiger partial charge < -0.3 is 5.32 Å². The smallest absolute Gasteiger partial charge is 0.284 e. The van der Waals surface area contributed by atoms with E-state index in [-0.39, 0.29) is 11.5 Å². The van der Waals surface area contributed by atoms with Gasteiger partial charge >= 0.3 is 0 Å². The number of hydrogen-bond donors (Lipinski definition) is 1. The summed E-state index contributed by atoms with van der Waals surface area (Å²) in [6.45, 7) is 3.92. The Labute approximate surface area is 148 Å². The minimum absolute atomic E-state index is 0.0998. The van der Waals surface area contributed by atoms with Gasteiger partial charge in [-0.2, -0.15) is 9.78 Å². The zero-order valence-corrected chi connectivity index (χ0v) is 14.2. The van der Waals surface area contributed by atoms with Crippen molar-refractivity contribution in [2.75, 3.05) is 5.32 Å². The second-order valence-electron chi connectivity index (χ2n) is 5.88. The molecule has 3 rings (SSSR count). The number of nitrogens with zero attached hydrogens (tertiary/aromatic N) is 4. The van der Waals surface area contributed by atoms with Gasteiger partial charge in [-0.15, -0.1) is 0 Å². The summed E-state index contributed by atoms with van der Waals surface area (Å²) in [5, 5.41) is 6.52. The van der Waals surface area contributed by atoms with Crippen LogP contribution in [0, 0.1) is 5.82 Å². The fourth-order valence-corrected chi connectivity index (χ4v) is 2.25. The largest absolute Gasteiger partial charge is 0.319 e. The van der Waals surface area contributed by atoms with Crippen LogP contribution in [0.25, 0.3) is 5.69 Å². The van der Waals surface area contributed by atoms with Crippen molar-refractivity contribution < 1.29 is 9.18 Å². The van der Waals surface area contributed by atoms with Crippen LogP contribution in [0.5, 0.6) is 0 Å². The van der Waals surface area contributed by atoms with Crippen molar-refractivity contribution in [3.8, 4) is 5.69 Å². The summed E-state index contributed by atoms with van der Waals surface area (Å²) in [5.74, 6) is -0.205. The molecule has 0 aliphatic heterocycles. The Morgan fingerprint density at radius 1 is 1.12 bits per heavy atom. The summed E-state index contributed by atoms with van der Waals surface area (Å²) in [6.07, 6.45) is 4.30. The van der Waals surface area contributed by atoms with Crippen molar-refractivity contribution in [3.05, 3.63) is 76.5 Å². The summed E-state index contributed by atoms with van der Waals surface area (Å²) < 4.78 is 14.1. The molecule has 0 spiro atoms. The first-order valence-corrected chi connectivity index (χ1v) is 7.93. The maximum Gasteiger partial charge on any atom is 0.284 e. The highest BCUT2D eigenvalue weighted by Crippen LogP contribution is 2.11. The van der Waals surface area contributed by atoms with Gasteiger partial charge in [-0.25, -0.2) is 14.4 Å². The number of anilines is 1. The van der Waals surface area contributed by atoms with E-state index < -0.39 is 17.3 Å². The van der Waals surface area contributed by atoms with E-state index in [0.717, 1.165) is 4.68 Å². The zero-order valence-electron chi connectivity index (χ0n) is 14.2. The molecule has 1 amide bonds. The molecule has 0 atom stereocenters. The molecule has 2 heterocycles. The van der Waals surface area contributed by atoms with Crippen LogP contribution in [0.2, 0.25) is 0 Å². The Morgan fingerprint density at radius 2 is 1.77 bits per heavy atom. The lowest BCUT2D eigenvalue weighted by molar-refractivity contribution is 0.102. The number of benzene rings is 1. The van der Waals surface area contributed by atoms with E-state index in [0.29, 0.717) is 17.2 Å². The number of halogens is 1. The first kappa shape index (κ1) is 17.4. The van der Waals surface area contributed by atoms with Crippen molar-refractivity contribution >= 4 is 11.6 Å². The average Bonchev–Trinajstić information content (AvgIpc) is 2.63. The lowest BCUT2D eigenvalue weighted by Gasteiger charge is -2.08. The molecule has 0 unspecified atom stereocenters. The summed E-state index contributed by atoms with van der Waals surface area (Å²) in [6, 6.07) is 6.56. The van der Waals surface area contributed by atoms with Gasteiger partial charge in [-0.05, 0) is 30.3 Å². The number of amides is 1. The highest BCUT2D eigenvalue weighted by atomic mass is 19.1. The molecule has 8 heteroatoms. The third kappa shape index (κ3) is 3.64. The van der Waals surface area contributed by atoms with Crippen LogP contribution in [0.4, 0.5) is 10.1 Å². The highest BCUT2D eigenvalue weighted by Gasteiger charge is 2.15. The van der Waals surface area contributed by atoms with Crippen LogP contribution in [0.1, 0.15) is 35.9 Å². The van der Waals surface area contributed by atoms with Gasteiger partial charge in [0, 0.05) is 12.1 Å². The van der Waals surface area contributed by atoms with Crippen LogP contribution in [-0.4, -0.2) is 25.7 Å². The molecule has 0 radical (unpaired) electrons. The third-order valence-corrected chi connectivity index (χ3v) is 3.61. The van der Waals surface area contributed by atoms with Crippen molar-refractivity contribution in [3.63, 3.8) is 0 Å². The molecule has 7 nitrogen and oxygen atoms in total. The van der Waals surface area contributed by atoms with Gasteiger partial charge in [0.15, 0.2) is 0 Å². The second kappa shape index (κ2) is 7.22. The molecular weight excluding hydrogens is 337 g/mol. The van der Waals surface area contributed by atoms with E-state index in [1.54, 1.807) is 0 Å². The van der Waals surface area contributed by atoms with Crippen molar-refractivity contribution in [2.45, 2.75) is 19.8 Å². The van der Waals surface area contributed by atoms with Gasteiger partial charge in [-0.1, -0.05) is 13.8 Å². The molecule has 1 aromatic carbocycles. The summed E-state index contributed by atoms with van der Waals surface area (Å²) in [5.41, 5.74) is 0.0215. The Hall–Kier alpha value is -3.42.